The maximum absolute atomic E-state index is 5.81. The number of rotatable bonds is 3. The van der Waals surface area contributed by atoms with Crippen LogP contribution in [0.1, 0.15) is 19.7 Å². The molecule has 0 atom stereocenters. The van der Waals surface area contributed by atoms with E-state index in [1.165, 1.54) is 0 Å². The van der Waals surface area contributed by atoms with Gasteiger partial charge in [0.05, 0.1) is 0 Å². The van der Waals surface area contributed by atoms with Crippen LogP contribution in [-0.4, -0.2) is 20.6 Å². The van der Waals surface area contributed by atoms with Gasteiger partial charge in [0.2, 0.25) is 0 Å². The van der Waals surface area contributed by atoms with E-state index in [1.54, 1.807) is 6.33 Å². The molecule has 0 saturated heterocycles. The van der Waals surface area contributed by atoms with E-state index in [-0.39, 0.29) is 5.41 Å². The largest absolute Gasteiger partial charge is 0.321 e. The normalized spacial score (nSPS) is 12.0. The number of nitrogens with zero attached hydrogens (tertiary/aromatic N) is 3. The van der Waals surface area contributed by atoms with Crippen molar-refractivity contribution in [2.75, 3.05) is 5.88 Å². The molecule has 12 heavy (non-hydrogen) atoms. The van der Waals surface area contributed by atoms with Gasteiger partial charge in [-0.25, -0.2) is 0 Å². The Labute approximate surface area is 77.8 Å². The summed E-state index contributed by atoms with van der Waals surface area (Å²) in [6.45, 7) is 4.24. The van der Waals surface area contributed by atoms with Crippen molar-refractivity contribution in [1.82, 2.24) is 14.8 Å². The molecule has 1 aromatic rings. The van der Waals surface area contributed by atoms with Gasteiger partial charge in [-0.2, -0.15) is 0 Å². The van der Waals surface area contributed by atoms with Crippen molar-refractivity contribution in [3.63, 3.8) is 0 Å². The van der Waals surface area contributed by atoms with Crippen LogP contribution in [0, 0.1) is 5.41 Å². The van der Waals surface area contributed by atoms with E-state index in [1.807, 2.05) is 11.6 Å². The minimum absolute atomic E-state index is 0.0996. The average molecular weight is 188 g/mol. The van der Waals surface area contributed by atoms with Crippen LogP contribution < -0.4 is 0 Å². The molecule has 0 spiro atoms. The van der Waals surface area contributed by atoms with Crippen molar-refractivity contribution in [2.24, 2.45) is 12.5 Å². The highest BCUT2D eigenvalue weighted by molar-refractivity contribution is 6.18. The van der Waals surface area contributed by atoms with Crippen LogP contribution in [0.3, 0.4) is 0 Å². The molecule has 0 amide bonds. The quantitative estimate of drug-likeness (QED) is 0.674. The molecule has 0 aliphatic rings. The van der Waals surface area contributed by atoms with E-state index >= 15 is 0 Å². The molecule has 1 aromatic heterocycles. The number of hydrogen-bond donors (Lipinski definition) is 0. The number of halogens is 1. The first-order valence-corrected chi connectivity index (χ1v) is 4.47. The van der Waals surface area contributed by atoms with Gasteiger partial charge in [-0.15, -0.1) is 21.8 Å². The van der Waals surface area contributed by atoms with Gasteiger partial charge >= 0.3 is 0 Å². The summed E-state index contributed by atoms with van der Waals surface area (Å²) in [7, 11) is 1.94. The van der Waals surface area contributed by atoms with Crippen LogP contribution in [0.15, 0.2) is 6.33 Å². The second-order valence-corrected chi connectivity index (χ2v) is 4.10. The smallest absolute Gasteiger partial charge is 0.133 e. The van der Waals surface area contributed by atoms with Crippen molar-refractivity contribution in [1.29, 1.82) is 0 Å². The molecule has 0 N–H and O–H groups in total. The molecule has 4 heteroatoms. The van der Waals surface area contributed by atoms with Crippen molar-refractivity contribution in [3.05, 3.63) is 12.2 Å². The van der Waals surface area contributed by atoms with E-state index in [9.17, 15) is 0 Å². The molecule has 3 nitrogen and oxygen atoms in total. The lowest BCUT2D eigenvalue weighted by Crippen LogP contribution is -2.19. The SMILES string of the molecule is Cn1cnnc1CC(C)(C)CCl. The summed E-state index contributed by atoms with van der Waals surface area (Å²) >= 11 is 5.81. The van der Waals surface area contributed by atoms with Crippen LogP contribution in [-0.2, 0) is 13.5 Å². The van der Waals surface area contributed by atoms with Crippen LogP contribution in [0.2, 0.25) is 0 Å². The zero-order valence-corrected chi connectivity index (χ0v) is 8.47. The minimum Gasteiger partial charge on any atom is -0.321 e. The fraction of sp³-hybridized carbons (Fsp3) is 0.750. The molecule has 0 fully saturated rings. The predicted molar refractivity (Wildman–Crippen MR) is 49.2 cm³/mol. The standard InChI is InChI=1S/C8H14ClN3/c1-8(2,5-9)4-7-11-10-6-12(7)3/h6H,4-5H2,1-3H3. The molecule has 0 aliphatic carbocycles. The summed E-state index contributed by atoms with van der Waals surface area (Å²) < 4.78 is 1.92. The Bertz CT molecular complexity index is 255. The van der Waals surface area contributed by atoms with Gasteiger partial charge in [0.25, 0.3) is 0 Å². The Morgan fingerprint density at radius 2 is 2.25 bits per heavy atom. The maximum atomic E-state index is 5.81. The number of hydrogen-bond acceptors (Lipinski definition) is 2. The van der Waals surface area contributed by atoms with Crippen LogP contribution in [0.5, 0.6) is 0 Å². The van der Waals surface area contributed by atoms with Gasteiger partial charge < -0.3 is 4.57 Å². The van der Waals surface area contributed by atoms with Gasteiger partial charge in [0.1, 0.15) is 12.2 Å². The molecule has 0 aliphatic heterocycles. The minimum atomic E-state index is 0.0996. The second kappa shape index (κ2) is 3.44. The third kappa shape index (κ3) is 2.21. The van der Waals surface area contributed by atoms with Gasteiger partial charge in [-0.05, 0) is 5.41 Å². The lowest BCUT2D eigenvalue weighted by molar-refractivity contribution is 0.401. The zero-order valence-electron chi connectivity index (χ0n) is 7.71. The first-order chi connectivity index (χ1) is 5.55. The van der Waals surface area contributed by atoms with Crippen molar-refractivity contribution < 1.29 is 0 Å². The van der Waals surface area contributed by atoms with E-state index < -0.39 is 0 Å². The Morgan fingerprint density at radius 3 is 2.67 bits per heavy atom. The fourth-order valence-electron chi connectivity index (χ4n) is 0.942. The average Bonchev–Trinajstić information content (AvgIpc) is 2.36. The molecule has 0 saturated carbocycles. The molecule has 68 valence electrons. The van der Waals surface area contributed by atoms with Crippen LogP contribution in [0.25, 0.3) is 0 Å². The number of aromatic nitrogens is 3. The van der Waals surface area contributed by atoms with Crippen molar-refractivity contribution >= 4 is 11.6 Å². The number of aryl methyl sites for hydroxylation is 1. The summed E-state index contributed by atoms with van der Waals surface area (Å²) in [4.78, 5) is 0. The van der Waals surface area contributed by atoms with Gasteiger partial charge in [-0.3, -0.25) is 0 Å². The Hall–Kier alpha value is -0.570. The summed E-state index contributed by atoms with van der Waals surface area (Å²) in [5.74, 6) is 1.63. The molecule has 0 radical (unpaired) electrons. The van der Waals surface area contributed by atoms with Gasteiger partial charge in [-0.1, -0.05) is 13.8 Å². The summed E-state index contributed by atoms with van der Waals surface area (Å²) in [5, 5.41) is 7.81. The van der Waals surface area contributed by atoms with Crippen LogP contribution in [0.4, 0.5) is 0 Å². The van der Waals surface area contributed by atoms with E-state index in [0.29, 0.717) is 5.88 Å². The Kier molecular flexibility index (Phi) is 2.73. The van der Waals surface area contributed by atoms with Crippen molar-refractivity contribution in [2.45, 2.75) is 20.3 Å². The predicted octanol–water partition coefficient (Wildman–Crippen LogP) is 1.62. The van der Waals surface area contributed by atoms with Crippen LogP contribution >= 0.6 is 11.6 Å². The molecule has 1 rings (SSSR count). The van der Waals surface area contributed by atoms with E-state index in [0.717, 1.165) is 12.2 Å². The lowest BCUT2D eigenvalue weighted by atomic mass is 9.91. The van der Waals surface area contributed by atoms with Gasteiger partial charge in [0, 0.05) is 19.3 Å². The molecule has 0 aromatic carbocycles. The summed E-state index contributed by atoms with van der Waals surface area (Å²) in [5.41, 5.74) is 0.0996. The van der Waals surface area contributed by atoms with E-state index in [4.69, 9.17) is 11.6 Å². The molecular weight excluding hydrogens is 174 g/mol. The van der Waals surface area contributed by atoms with Crippen molar-refractivity contribution in [3.8, 4) is 0 Å². The lowest BCUT2D eigenvalue weighted by Gasteiger charge is -2.19. The van der Waals surface area contributed by atoms with Gasteiger partial charge in [0.15, 0.2) is 0 Å². The zero-order chi connectivity index (χ0) is 9.19. The highest BCUT2D eigenvalue weighted by Gasteiger charge is 2.19. The Balaban J connectivity index is 2.70. The highest BCUT2D eigenvalue weighted by Crippen LogP contribution is 2.21. The number of alkyl halides is 1. The topological polar surface area (TPSA) is 30.7 Å². The third-order valence-electron chi connectivity index (χ3n) is 1.80. The molecule has 0 bridgehead atoms. The molecule has 0 unspecified atom stereocenters. The first-order valence-electron chi connectivity index (χ1n) is 3.94. The second-order valence-electron chi connectivity index (χ2n) is 3.83. The summed E-state index contributed by atoms with van der Waals surface area (Å²) in [6, 6.07) is 0. The maximum Gasteiger partial charge on any atom is 0.133 e. The molecular formula is C8H14ClN3. The Morgan fingerprint density at radius 1 is 1.58 bits per heavy atom. The monoisotopic (exact) mass is 187 g/mol. The first kappa shape index (κ1) is 9.52. The third-order valence-corrected chi connectivity index (χ3v) is 2.53. The van der Waals surface area contributed by atoms with E-state index in [2.05, 4.69) is 24.0 Å². The highest BCUT2D eigenvalue weighted by atomic mass is 35.5. The molecule has 1 heterocycles. The summed E-state index contributed by atoms with van der Waals surface area (Å²) in [6.07, 6.45) is 2.58. The fourth-order valence-corrected chi connectivity index (χ4v) is 1.04.